The molecule has 0 aliphatic carbocycles. The predicted octanol–water partition coefficient (Wildman–Crippen LogP) is -0.912. The molecule has 3 nitrogen and oxygen atoms in total. The maximum absolute atomic E-state index is 12.5. The number of ether oxygens (including phenoxy) is 2. The first-order valence-electron chi connectivity index (χ1n) is 5.95. The van der Waals surface area contributed by atoms with Crippen LogP contribution in [0.5, 0.6) is 5.75 Å². The Morgan fingerprint density at radius 2 is 2.11 bits per heavy atom. The van der Waals surface area contributed by atoms with Crippen molar-refractivity contribution in [1.29, 1.82) is 0 Å². The fraction of sp³-hybridized carbons (Fsp3) is 0.545. The minimum atomic E-state index is -5.03. The average molecular weight is 299 g/mol. The average Bonchev–Trinajstić information content (AvgIpc) is 2.37. The van der Waals surface area contributed by atoms with Gasteiger partial charge in [-0.25, -0.2) is 0 Å². The Morgan fingerprint density at radius 3 is 2.74 bits per heavy atom. The molecule has 0 N–H and O–H groups in total. The number of rotatable bonds is 4. The van der Waals surface area contributed by atoms with Gasteiger partial charge in [0.2, 0.25) is 0 Å². The van der Waals surface area contributed by atoms with Crippen LogP contribution in [0.15, 0.2) is 18.5 Å². The number of hydrogen-bond acceptors (Lipinski definition) is 3. The summed E-state index contributed by atoms with van der Waals surface area (Å²) in [5, 5.41) is 0. The molecule has 100 valence electrons. The summed E-state index contributed by atoms with van der Waals surface area (Å²) >= 11 is 0. The van der Waals surface area contributed by atoms with Crippen LogP contribution in [0.4, 0.5) is 12.9 Å². The fourth-order valence-electron chi connectivity index (χ4n) is 1.82. The van der Waals surface area contributed by atoms with Crippen molar-refractivity contribution in [2.75, 3.05) is 13.2 Å². The summed E-state index contributed by atoms with van der Waals surface area (Å²) < 4.78 is 48.3. The summed E-state index contributed by atoms with van der Waals surface area (Å²) in [6.45, 7) is -4.06. The molecule has 8 heteroatoms. The maximum Gasteiger partial charge on any atom is 1.00 e. The van der Waals surface area contributed by atoms with E-state index >= 15 is 0 Å². The van der Waals surface area contributed by atoms with Crippen LogP contribution in [-0.2, 0) is 4.74 Å². The van der Waals surface area contributed by atoms with E-state index in [0.717, 1.165) is 31.5 Å². The monoisotopic (exact) mass is 299 g/mol. The van der Waals surface area contributed by atoms with Crippen molar-refractivity contribution in [1.82, 2.24) is 4.98 Å². The SMILES string of the molecule is F[B-](F)(F)c1cncc(OCC2CCCCO2)c1.[K+]. The minimum absolute atomic E-state index is 0. The first-order chi connectivity index (χ1) is 8.55. The third-order valence-electron chi connectivity index (χ3n) is 2.82. The van der Waals surface area contributed by atoms with E-state index < -0.39 is 12.4 Å². The molecule has 1 aromatic heterocycles. The number of halogens is 3. The molecule has 0 aromatic carbocycles. The van der Waals surface area contributed by atoms with Crippen LogP contribution in [0, 0.1) is 0 Å². The van der Waals surface area contributed by atoms with E-state index in [2.05, 4.69) is 4.98 Å². The molecule has 1 aliphatic rings. The Labute approximate surface area is 152 Å². The van der Waals surface area contributed by atoms with Crippen molar-refractivity contribution in [2.24, 2.45) is 0 Å². The van der Waals surface area contributed by atoms with Crippen LogP contribution >= 0.6 is 0 Å². The Morgan fingerprint density at radius 1 is 1.32 bits per heavy atom. The Kier molecular flexibility index (Phi) is 7.34. The molecule has 2 heterocycles. The number of nitrogens with zero attached hydrogens (tertiary/aromatic N) is 1. The van der Waals surface area contributed by atoms with Crippen LogP contribution in [0.2, 0.25) is 0 Å². The number of aromatic nitrogens is 1. The van der Waals surface area contributed by atoms with Crippen molar-refractivity contribution in [3.63, 3.8) is 0 Å². The van der Waals surface area contributed by atoms with Crippen LogP contribution in [-0.4, -0.2) is 31.3 Å². The van der Waals surface area contributed by atoms with Gasteiger partial charge in [0.1, 0.15) is 12.4 Å². The smallest absolute Gasteiger partial charge is 0.489 e. The third kappa shape index (κ3) is 5.73. The van der Waals surface area contributed by atoms with Gasteiger partial charge in [0.25, 0.3) is 0 Å². The Hall–Kier alpha value is 0.401. The molecule has 1 aromatic rings. The van der Waals surface area contributed by atoms with Gasteiger partial charge in [-0.05, 0) is 25.3 Å². The van der Waals surface area contributed by atoms with Gasteiger partial charge in [-0.3, -0.25) is 4.98 Å². The zero-order valence-electron chi connectivity index (χ0n) is 10.8. The summed E-state index contributed by atoms with van der Waals surface area (Å²) in [6.07, 6.45) is 5.05. The topological polar surface area (TPSA) is 31.4 Å². The van der Waals surface area contributed by atoms with Crippen LogP contribution in [0.3, 0.4) is 0 Å². The van der Waals surface area contributed by atoms with Gasteiger partial charge in [-0.2, -0.15) is 0 Å². The van der Waals surface area contributed by atoms with E-state index in [9.17, 15) is 12.9 Å². The zero-order valence-corrected chi connectivity index (χ0v) is 13.9. The Balaban J connectivity index is 0.00000180. The second-order valence-electron chi connectivity index (χ2n) is 4.33. The largest absolute Gasteiger partial charge is 1.00 e. The molecular formula is C11H14BF3KNO2. The molecule has 1 unspecified atom stereocenters. The molecule has 2 rings (SSSR count). The van der Waals surface area contributed by atoms with E-state index in [1.165, 1.54) is 6.20 Å². The van der Waals surface area contributed by atoms with Crippen LogP contribution in [0.1, 0.15) is 19.3 Å². The number of hydrogen-bond donors (Lipinski definition) is 0. The number of pyridine rings is 1. The van der Waals surface area contributed by atoms with Crippen molar-refractivity contribution in [3.8, 4) is 5.75 Å². The molecule has 1 saturated heterocycles. The summed E-state index contributed by atoms with van der Waals surface area (Å²) in [5.74, 6) is 0.140. The van der Waals surface area contributed by atoms with E-state index in [1.54, 1.807) is 0 Å². The van der Waals surface area contributed by atoms with Crippen LogP contribution < -0.4 is 61.6 Å². The summed E-state index contributed by atoms with van der Waals surface area (Å²) in [7, 11) is 0. The first-order valence-corrected chi connectivity index (χ1v) is 5.95. The normalized spacial score (nSPS) is 19.6. The van der Waals surface area contributed by atoms with Crippen LogP contribution in [0.25, 0.3) is 0 Å². The van der Waals surface area contributed by atoms with Gasteiger partial charge in [0.15, 0.2) is 0 Å². The summed E-state index contributed by atoms with van der Waals surface area (Å²) in [4.78, 5) is 3.54. The Bertz CT molecular complexity index is 400. The predicted molar refractivity (Wildman–Crippen MR) is 62.0 cm³/mol. The fourth-order valence-corrected chi connectivity index (χ4v) is 1.82. The van der Waals surface area contributed by atoms with Gasteiger partial charge in [-0.15, -0.1) is 0 Å². The molecule has 0 amide bonds. The van der Waals surface area contributed by atoms with E-state index in [4.69, 9.17) is 9.47 Å². The molecule has 0 bridgehead atoms. The van der Waals surface area contributed by atoms with Crippen molar-refractivity contribution in [3.05, 3.63) is 18.5 Å². The van der Waals surface area contributed by atoms with Gasteiger partial charge in [0.05, 0.1) is 12.3 Å². The second kappa shape index (κ2) is 7.99. The zero-order chi connectivity index (χ0) is 13.0. The molecule has 19 heavy (non-hydrogen) atoms. The van der Waals surface area contributed by atoms with Crippen molar-refractivity contribution >= 4 is 12.4 Å². The van der Waals surface area contributed by atoms with Gasteiger partial charge in [-0.1, -0.05) is 5.46 Å². The van der Waals surface area contributed by atoms with Gasteiger partial charge in [0, 0.05) is 12.8 Å². The third-order valence-corrected chi connectivity index (χ3v) is 2.82. The quantitative estimate of drug-likeness (QED) is 0.675. The molecule has 0 saturated carbocycles. The van der Waals surface area contributed by atoms with Gasteiger partial charge >= 0.3 is 58.4 Å². The first kappa shape index (κ1) is 17.5. The minimum Gasteiger partial charge on any atom is -0.489 e. The summed E-state index contributed by atoms with van der Waals surface area (Å²) in [6, 6.07) is 0.982. The molecule has 1 aliphatic heterocycles. The van der Waals surface area contributed by atoms with E-state index in [0.29, 0.717) is 6.61 Å². The molecule has 1 atom stereocenters. The second-order valence-corrected chi connectivity index (χ2v) is 4.33. The van der Waals surface area contributed by atoms with E-state index in [-0.39, 0.29) is 69.8 Å². The molecule has 0 radical (unpaired) electrons. The standard InChI is InChI=1S/C11H14BF3NO2.K/c13-12(14,15)9-5-11(7-16-6-9)18-8-10-3-1-2-4-17-10;/h5-7,10H,1-4,8H2;/q-1;+1. The van der Waals surface area contributed by atoms with E-state index in [1.807, 2.05) is 0 Å². The molecule has 0 spiro atoms. The molecule has 1 fully saturated rings. The maximum atomic E-state index is 12.5. The van der Waals surface area contributed by atoms with Gasteiger partial charge < -0.3 is 22.4 Å². The van der Waals surface area contributed by atoms with Crippen molar-refractivity contribution in [2.45, 2.75) is 25.4 Å². The van der Waals surface area contributed by atoms with Crippen molar-refractivity contribution < 1.29 is 73.8 Å². The molecular weight excluding hydrogens is 285 g/mol. The summed E-state index contributed by atoms with van der Waals surface area (Å²) in [5.41, 5.74) is -0.739.